The molecule has 1 saturated heterocycles. The van der Waals surface area contributed by atoms with E-state index in [1.54, 1.807) is 6.20 Å². The Morgan fingerprint density at radius 3 is 2.42 bits per heavy atom. The van der Waals surface area contributed by atoms with Crippen LogP contribution in [0.15, 0.2) is 85.1 Å². The predicted molar refractivity (Wildman–Crippen MR) is 153 cm³/mol. The molecule has 6 heteroatoms. The number of amides is 1. The molecule has 194 valence electrons. The maximum absolute atomic E-state index is 13.3. The number of hydrogen-bond acceptors (Lipinski definition) is 5. The summed E-state index contributed by atoms with van der Waals surface area (Å²) >= 11 is 0. The van der Waals surface area contributed by atoms with Crippen LogP contribution in [0, 0.1) is 5.92 Å². The molecule has 6 rings (SSSR count). The van der Waals surface area contributed by atoms with Crippen LogP contribution in [-0.4, -0.2) is 47.2 Å². The van der Waals surface area contributed by atoms with Crippen LogP contribution in [0.2, 0.25) is 0 Å². The summed E-state index contributed by atoms with van der Waals surface area (Å²) in [4.78, 5) is 18.5. The van der Waals surface area contributed by atoms with E-state index in [4.69, 9.17) is 0 Å². The number of nitrogens with zero attached hydrogens (tertiary/aromatic N) is 4. The van der Waals surface area contributed by atoms with Crippen molar-refractivity contribution in [3.63, 3.8) is 0 Å². The molecule has 0 unspecified atom stereocenters. The number of carbonyl (C=O) groups is 1. The number of fused-ring (bicyclic) bond motifs is 1. The highest BCUT2D eigenvalue weighted by Crippen LogP contribution is 2.45. The van der Waals surface area contributed by atoms with E-state index in [-0.39, 0.29) is 11.4 Å². The third-order valence-electron chi connectivity index (χ3n) is 8.56. The number of piperazine rings is 1. The van der Waals surface area contributed by atoms with Crippen molar-refractivity contribution in [2.24, 2.45) is 5.92 Å². The molecule has 2 fully saturated rings. The van der Waals surface area contributed by atoms with E-state index in [9.17, 15) is 4.79 Å². The lowest BCUT2D eigenvalue weighted by molar-refractivity contribution is 0.0299. The van der Waals surface area contributed by atoms with E-state index >= 15 is 0 Å². The van der Waals surface area contributed by atoms with Gasteiger partial charge in [0.25, 0.3) is 5.91 Å². The second-order valence-electron chi connectivity index (χ2n) is 10.8. The first-order chi connectivity index (χ1) is 18.6. The van der Waals surface area contributed by atoms with Gasteiger partial charge in [-0.25, -0.2) is 0 Å². The SMILES string of the molecule is CC1CCC(c2cccc(NC(=O)c3cnnc4ccccc34)c2)(N2CCN(c3ccccc3)CC2)CC1. The molecule has 0 bridgehead atoms. The predicted octanol–water partition coefficient (Wildman–Crippen LogP) is 6.11. The van der Waals surface area contributed by atoms with Crippen molar-refractivity contribution in [3.05, 3.63) is 96.2 Å². The molecule has 1 saturated carbocycles. The highest BCUT2D eigenvalue weighted by Gasteiger charge is 2.42. The Bertz CT molecular complexity index is 1400. The number of nitrogens with one attached hydrogen (secondary N) is 1. The van der Waals surface area contributed by atoms with Crippen LogP contribution in [0.1, 0.15) is 48.5 Å². The minimum absolute atomic E-state index is 0.000937. The lowest BCUT2D eigenvalue weighted by Gasteiger charge is -2.51. The first-order valence-electron chi connectivity index (χ1n) is 13.8. The van der Waals surface area contributed by atoms with Crippen molar-refractivity contribution < 1.29 is 4.79 Å². The zero-order chi connectivity index (χ0) is 26.0. The standard InChI is InChI=1S/C32H35N5O/c1-24-14-16-32(17-15-24,37-20-18-36(19-21-37)27-10-3-2-4-11-27)25-8-7-9-26(22-25)34-31(38)29-23-33-35-30-13-6-5-12-28(29)30/h2-13,22-24H,14-21H2,1H3,(H,34,38). The summed E-state index contributed by atoms with van der Waals surface area (Å²) in [6.07, 6.45) is 6.30. The Morgan fingerprint density at radius 2 is 1.63 bits per heavy atom. The molecular formula is C32H35N5O. The van der Waals surface area contributed by atoms with Crippen LogP contribution in [-0.2, 0) is 5.54 Å². The Labute approximate surface area is 224 Å². The molecule has 38 heavy (non-hydrogen) atoms. The lowest BCUT2D eigenvalue weighted by atomic mass is 9.71. The van der Waals surface area contributed by atoms with Gasteiger partial charge in [-0.2, -0.15) is 10.2 Å². The highest BCUT2D eigenvalue weighted by atomic mass is 16.1. The molecule has 1 aliphatic carbocycles. The average Bonchev–Trinajstić information content (AvgIpc) is 2.98. The average molecular weight is 506 g/mol. The molecule has 0 atom stereocenters. The topological polar surface area (TPSA) is 61.4 Å². The van der Waals surface area contributed by atoms with E-state index in [0.29, 0.717) is 5.56 Å². The first kappa shape index (κ1) is 24.6. The molecule has 6 nitrogen and oxygen atoms in total. The largest absolute Gasteiger partial charge is 0.369 e. The van der Waals surface area contributed by atoms with E-state index in [1.165, 1.54) is 24.1 Å². The molecule has 1 amide bonds. The van der Waals surface area contributed by atoms with E-state index < -0.39 is 0 Å². The maximum atomic E-state index is 13.3. The van der Waals surface area contributed by atoms with E-state index in [1.807, 2.05) is 30.3 Å². The van der Waals surface area contributed by atoms with E-state index in [2.05, 4.69) is 80.8 Å². The van der Waals surface area contributed by atoms with Crippen molar-refractivity contribution in [2.75, 3.05) is 36.4 Å². The van der Waals surface area contributed by atoms with Gasteiger partial charge in [0.1, 0.15) is 0 Å². The number of para-hydroxylation sites is 1. The molecule has 0 radical (unpaired) electrons. The van der Waals surface area contributed by atoms with Gasteiger partial charge in [-0.1, -0.05) is 55.5 Å². The molecular weight excluding hydrogens is 470 g/mol. The van der Waals surface area contributed by atoms with Gasteiger partial charge in [0.15, 0.2) is 0 Å². The fraction of sp³-hybridized carbons (Fsp3) is 0.344. The van der Waals surface area contributed by atoms with Crippen LogP contribution in [0.4, 0.5) is 11.4 Å². The highest BCUT2D eigenvalue weighted by molar-refractivity contribution is 6.12. The van der Waals surface area contributed by atoms with Gasteiger partial charge in [0.2, 0.25) is 0 Å². The Hall–Kier alpha value is -3.77. The Morgan fingerprint density at radius 1 is 0.895 bits per heavy atom. The lowest BCUT2D eigenvalue weighted by Crippen LogP contribution is -2.56. The Kier molecular flexibility index (Phi) is 6.81. The number of anilines is 2. The van der Waals surface area contributed by atoms with Gasteiger partial charge < -0.3 is 10.2 Å². The van der Waals surface area contributed by atoms with Crippen molar-refractivity contribution in [1.29, 1.82) is 0 Å². The molecule has 3 aromatic carbocycles. The number of aromatic nitrogens is 2. The van der Waals surface area contributed by atoms with Gasteiger partial charge in [0.05, 0.1) is 17.3 Å². The number of benzene rings is 3. The van der Waals surface area contributed by atoms with Gasteiger partial charge in [0, 0.05) is 48.5 Å². The fourth-order valence-electron chi connectivity index (χ4n) is 6.33. The zero-order valence-corrected chi connectivity index (χ0v) is 22.0. The second-order valence-corrected chi connectivity index (χ2v) is 10.8. The third kappa shape index (κ3) is 4.76. The molecule has 2 aliphatic rings. The quantitative estimate of drug-likeness (QED) is 0.355. The molecule has 2 heterocycles. The van der Waals surface area contributed by atoms with Gasteiger partial charge in [-0.3, -0.25) is 9.69 Å². The molecule has 1 aromatic heterocycles. The summed E-state index contributed by atoms with van der Waals surface area (Å²) in [7, 11) is 0. The van der Waals surface area contributed by atoms with Crippen molar-refractivity contribution in [3.8, 4) is 0 Å². The van der Waals surface area contributed by atoms with Crippen molar-refractivity contribution >= 4 is 28.2 Å². The van der Waals surface area contributed by atoms with Crippen molar-refractivity contribution in [1.82, 2.24) is 15.1 Å². The minimum Gasteiger partial charge on any atom is -0.369 e. The maximum Gasteiger partial charge on any atom is 0.257 e. The summed E-state index contributed by atoms with van der Waals surface area (Å²) in [6, 6.07) is 26.9. The zero-order valence-electron chi connectivity index (χ0n) is 22.0. The monoisotopic (exact) mass is 505 g/mol. The first-order valence-corrected chi connectivity index (χ1v) is 13.8. The van der Waals surface area contributed by atoms with Crippen LogP contribution in [0.25, 0.3) is 10.9 Å². The minimum atomic E-state index is -0.156. The second kappa shape index (κ2) is 10.5. The molecule has 4 aromatic rings. The molecule has 1 N–H and O–H groups in total. The van der Waals surface area contributed by atoms with Gasteiger partial charge in [-0.05, 0) is 67.5 Å². The van der Waals surface area contributed by atoms with Gasteiger partial charge >= 0.3 is 0 Å². The summed E-state index contributed by atoms with van der Waals surface area (Å²) in [5.74, 6) is 0.597. The summed E-state index contributed by atoms with van der Waals surface area (Å²) in [5.41, 5.74) is 4.71. The fourth-order valence-corrected chi connectivity index (χ4v) is 6.33. The number of hydrogen-bond donors (Lipinski definition) is 1. The summed E-state index contributed by atoms with van der Waals surface area (Å²) < 4.78 is 0. The Balaban J connectivity index is 1.25. The smallest absolute Gasteiger partial charge is 0.257 e. The van der Waals surface area contributed by atoms with Crippen molar-refractivity contribution in [2.45, 2.75) is 38.1 Å². The summed E-state index contributed by atoms with van der Waals surface area (Å²) in [6.45, 7) is 6.50. The third-order valence-corrected chi connectivity index (χ3v) is 8.56. The molecule has 0 spiro atoms. The van der Waals surface area contributed by atoms with Crippen LogP contribution >= 0.6 is 0 Å². The van der Waals surface area contributed by atoms with Gasteiger partial charge in [-0.15, -0.1) is 0 Å². The normalized spacial score (nSPS) is 22.3. The van der Waals surface area contributed by atoms with Crippen LogP contribution < -0.4 is 10.2 Å². The summed E-state index contributed by atoms with van der Waals surface area (Å²) in [5, 5.41) is 12.2. The van der Waals surface area contributed by atoms with Crippen LogP contribution in [0.3, 0.4) is 0 Å². The number of carbonyl (C=O) groups excluding carboxylic acids is 1. The van der Waals surface area contributed by atoms with Crippen LogP contribution in [0.5, 0.6) is 0 Å². The molecule has 1 aliphatic heterocycles. The van der Waals surface area contributed by atoms with E-state index in [0.717, 1.165) is 61.5 Å². The number of rotatable bonds is 5.